The molecule has 0 rings (SSSR count). The highest BCUT2D eigenvalue weighted by atomic mass is 16.5. The summed E-state index contributed by atoms with van der Waals surface area (Å²) in [6.45, 7) is 3.93. The molecule has 0 spiro atoms. The van der Waals surface area contributed by atoms with E-state index >= 15 is 0 Å². The normalized spacial score (nSPS) is 13.2. The average molecular weight is 186 g/mol. The molecule has 0 amide bonds. The molecule has 0 radical (unpaired) electrons. The van der Waals surface area contributed by atoms with Gasteiger partial charge in [-0.2, -0.15) is 0 Å². The second kappa shape index (κ2) is 7.80. The van der Waals surface area contributed by atoms with Gasteiger partial charge in [-0.15, -0.1) is 0 Å². The highest BCUT2D eigenvalue weighted by Gasteiger charge is 2.13. The van der Waals surface area contributed by atoms with Gasteiger partial charge < -0.3 is 9.84 Å². The van der Waals surface area contributed by atoms with Gasteiger partial charge in [0, 0.05) is 0 Å². The van der Waals surface area contributed by atoms with Crippen molar-refractivity contribution in [2.24, 2.45) is 5.92 Å². The van der Waals surface area contributed by atoms with Gasteiger partial charge in [-0.1, -0.05) is 26.0 Å². The number of aliphatic hydroxyl groups excluding tert-OH is 1. The van der Waals surface area contributed by atoms with Gasteiger partial charge >= 0.3 is 5.97 Å². The van der Waals surface area contributed by atoms with Crippen molar-refractivity contribution in [3.8, 4) is 0 Å². The summed E-state index contributed by atoms with van der Waals surface area (Å²) < 4.78 is 4.80. The number of carbonyl (C=O) groups excluding carboxylic acids is 1. The molecule has 0 aromatic carbocycles. The number of hydrogen-bond donors (Lipinski definition) is 1. The summed E-state index contributed by atoms with van der Waals surface area (Å²) in [5.41, 5.74) is 0. The van der Waals surface area contributed by atoms with Crippen molar-refractivity contribution in [1.29, 1.82) is 0 Å². The summed E-state index contributed by atoms with van der Waals surface area (Å²) >= 11 is 0. The molecule has 76 valence electrons. The van der Waals surface area contributed by atoms with E-state index in [2.05, 4.69) is 0 Å². The van der Waals surface area contributed by atoms with E-state index in [-0.39, 0.29) is 25.1 Å². The van der Waals surface area contributed by atoms with Gasteiger partial charge in [-0.05, 0) is 12.8 Å². The molecule has 0 aromatic heterocycles. The quantitative estimate of drug-likeness (QED) is 0.505. The lowest BCUT2D eigenvalue weighted by atomic mass is 10.1. The first-order chi connectivity index (χ1) is 6.26. The minimum Gasteiger partial charge on any atom is -0.463 e. The summed E-state index contributed by atoms with van der Waals surface area (Å²) in [6, 6.07) is 0. The first-order valence-electron chi connectivity index (χ1n) is 4.70. The Bertz CT molecular complexity index is 164. The van der Waals surface area contributed by atoms with E-state index in [4.69, 9.17) is 9.84 Å². The molecule has 0 aromatic rings. The molecule has 1 unspecified atom stereocenters. The smallest absolute Gasteiger partial charge is 0.312 e. The number of rotatable bonds is 6. The van der Waals surface area contributed by atoms with Crippen LogP contribution in [0.2, 0.25) is 0 Å². The topological polar surface area (TPSA) is 46.5 Å². The van der Waals surface area contributed by atoms with Gasteiger partial charge in [0.2, 0.25) is 0 Å². The second-order valence-corrected chi connectivity index (χ2v) is 2.74. The van der Waals surface area contributed by atoms with Crippen molar-refractivity contribution in [2.45, 2.75) is 26.7 Å². The minimum atomic E-state index is -0.249. The Balaban J connectivity index is 3.92. The zero-order chi connectivity index (χ0) is 10.1. The Morgan fingerprint density at radius 2 is 2.23 bits per heavy atom. The number of aliphatic hydroxyl groups is 1. The predicted molar refractivity (Wildman–Crippen MR) is 51.3 cm³/mol. The van der Waals surface area contributed by atoms with E-state index in [0.29, 0.717) is 0 Å². The molecule has 0 aliphatic carbocycles. The lowest BCUT2D eigenvalue weighted by Crippen LogP contribution is -2.17. The zero-order valence-electron chi connectivity index (χ0n) is 8.32. The van der Waals surface area contributed by atoms with Crippen LogP contribution in [0.15, 0.2) is 12.2 Å². The molecule has 0 aliphatic rings. The van der Waals surface area contributed by atoms with Gasteiger partial charge in [0.1, 0.15) is 6.61 Å². The zero-order valence-corrected chi connectivity index (χ0v) is 8.32. The largest absolute Gasteiger partial charge is 0.463 e. The van der Waals surface area contributed by atoms with Crippen molar-refractivity contribution >= 4 is 5.97 Å². The van der Waals surface area contributed by atoms with E-state index in [1.165, 1.54) is 0 Å². The number of esters is 1. The summed E-state index contributed by atoms with van der Waals surface area (Å²) in [5, 5.41) is 8.45. The molecule has 0 saturated heterocycles. The van der Waals surface area contributed by atoms with Crippen LogP contribution in [0.3, 0.4) is 0 Å². The lowest BCUT2D eigenvalue weighted by molar-refractivity contribution is -0.147. The van der Waals surface area contributed by atoms with Crippen LogP contribution in [0.25, 0.3) is 0 Å². The third kappa shape index (κ3) is 5.42. The van der Waals surface area contributed by atoms with Gasteiger partial charge in [0.05, 0.1) is 12.5 Å². The van der Waals surface area contributed by atoms with Crippen LogP contribution in [0.4, 0.5) is 0 Å². The maximum absolute atomic E-state index is 11.3. The predicted octanol–water partition coefficient (Wildman–Crippen LogP) is 1.51. The minimum absolute atomic E-state index is 0.0926. The van der Waals surface area contributed by atoms with E-state index in [1.54, 1.807) is 0 Å². The molecule has 0 heterocycles. The molecule has 0 fully saturated rings. The molecule has 13 heavy (non-hydrogen) atoms. The van der Waals surface area contributed by atoms with Crippen LogP contribution >= 0.6 is 0 Å². The summed E-state index contributed by atoms with van der Waals surface area (Å²) in [6.07, 6.45) is 5.47. The summed E-state index contributed by atoms with van der Waals surface area (Å²) in [4.78, 5) is 11.3. The van der Waals surface area contributed by atoms with Crippen molar-refractivity contribution in [1.82, 2.24) is 0 Å². The molecule has 0 saturated carbocycles. The standard InChI is InChI=1S/C10H18O3/c1-3-5-6-9(4-2)10(12)13-8-7-11/h5-6,9,11H,3-4,7-8H2,1-2H3. The van der Waals surface area contributed by atoms with Crippen LogP contribution in [-0.4, -0.2) is 24.3 Å². The Labute approximate surface area is 79.4 Å². The van der Waals surface area contributed by atoms with Crippen molar-refractivity contribution in [3.05, 3.63) is 12.2 Å². The Hall–Kier alpha value is -0.830. The summed E-state index contributed by atoms with van der Waals surface area (Å²) in [5.74, 6) is -0.409. The van der Waals surface area contributed by atoms with Gasteiger partial charge in [0.25, 0.3) is 0 Å². The lowest BCUT2D eigenvalue weighted by Gasteiger charge is -2.08. The Morgan fingerprint density at radius 1 is 1.54 bits per heavy atom. The van der Waals surface area contributed by atoms with Crippen LogP contribution in [0.5, 0.6) is 0 Å². The summed E-state index contributed by atoms with van der Waals surface area (Å²) in [7, 11) is 0. The van der Waals surface area contributed by atoms with E-state index in [0.717, 1.165) is 12.8 Å². The van der Waals surface area contributed by atoms with Crippen LogP contribution < -0.4 is 0 Å². The monoisotopic (exact) mass is 186 g/mol. The Kier molecular flexibility index (Phi) is 7.30. The number of carbonyl (C=O) groups is 1. The third-order valence-electron chi connectivity index (χ3n) is 1.68. The molecule has 3 heteroatoms. The average Bonchev–Trinajstić information content (AvgIpc) is 2.16. The van der Waals surface area contributed by atoms with Crippen molar-refractivity contribution in [3.63, 3.8) is 0 Å². The Morgan fingerprint density at radius 3 is 2.69 bits per heavy atom. The molecule has 1 N–H and O–H groups in total. The maximum atomic E-state index is 11.3. The highest BCUT2D eigenvalue weighted by molar-refractivity contribution is 5.74. The molecule has 3 nitrogen and oxygen atoms in total. The molecule has 1 atom stereocenters. The van der Waals surface area contributed by atoms with Gasteiger partial charge in [0.15, 0.2) is 0 Å². The van der Waals surface area contributed by atoms with Crippen molar-refractivity contribution < 1.29 is 14.6 Å². The van der Waals surface area contributed by atoms with Crippen LogP contribution in [0, 0.1) is 5.92 Å². The molecule has 0 bridgehead atoms. The van der Waals surface area contributed by atoms with E-state index in [9.17, 15) is 4.79 Å². The molecular formula is C10H18O3. The van der Waals surface area contributed by atoms with Crippen LogP contribution in [0.1, 0.15) is 26.7 Å². The highest BCUT2D eigenvalue weighted by Crippen LogP contribution is 2.07. The number of hydrogen-bond acceptors (Lipinski definition) is 3. The molecule has 0 aliphatic heterocycles. The van der Waals surface area contributed by atoms with E-state index < -0.39 is 0 Å². The first-order valence-corrected chi connectivity index (χ1v) is 4.70. The van der Waals surface area contributed by atoms with Crippen LogP contribution in [-0.2, 0) is 9.53 Å². The first kappa shape index (κ1) is 12.2. The fourth-order valence-corrected chi connectivity index (χ4v) is 0.935. The maximum Gasteiger partial charge on any atom is 0.312 e. The fraction of sp³-hybridized carbons (Fsp3) is 0.700. The molecular weight excluding hydrogens is 168 g/mol. The number of ether oxygens (including phenoxy) is 1. The van der Waals surface area contributed by atoms with Crippen molar-refractivity contribution in [2.75, 3.05) is 13.2 Å². The van der Waals surface area contributed by atoms with E-state index in [1.807, 2.05) is 26.0 Å². The van der Waals surface area contributed by atoms with Gasteiger partial charge in [-0.25, -0.2) is 0 Å². The fourth-order valence-electron chi connectivity index (χ4n) is 0.935. The third-order valence-corrected chi connectivity index (χ3v) is 1.68. The van der Waals surface area contributed by atoms with Gasteiger partial charge in [-0.3, -0.25) is 4.79 Å². The second-order valence-electron chi connectivity index (χ2n) is 2.74. The number of allylic oxidation sites excluding steroid dienone is 1. The SMILES string of the molecule is CCC=CC(CC)C(=O)OCCO.